The lowest BCUT2D eigenvalue weighted by Crippen LogP contribution is -2.29. The maximum Gasteiger partial charge on any atom is 0.0823 e. The summed E-state index contributed by atoms with van der Waals surface area (Å²) in [7, 11) is 4.07. The molecular weight excluding hydrogens is 250 g/mol. The van der Waals surface area contributed by atoms with Crippen molar-refractivity contribution in [3.63, 3.8) is 0 Å². The molecular formula is C13H24ClN3O. The van der Waals surface area contributed by atoms with Gasteiger partial charge in [-0.1, -0.05) is 25.4 Å². The number of rotatable bonds is 6. The third kappa shape index (κ3) is 3.97. The molecule has 0 aliphatic rings. The van der Waals surface area contributed by atoms with Gasteiger partial charge in [0.2, 0.25) is 0 Å². The summed E-state index contributed by atoms with van der Waals surface area (Å²) in [6.45, 7) is 7.70. The van der Waals surface area contributed by atoms with E-state index in [2.05, 4.69) is 23.8 Å². The van der Waals surface area contributed by atoms with E-state index in [4.69, 9.17) is 11.6 Å². The molecule has 0 fully saturated rings. The average molecular weight is 274 g/mol. The first kappa shape index (κ1) is 15.5. The largest absolute Gasteiger partial charge is 0.393 e. The minimum Gasteiger partial charge on any atom is -0.393 e. The molecule has 0 radical (unpaired) electrons. The van der Waals surface area contributed by atoms with E-state index in [0.29, 0.717) is 11.4 Å². The number of aromatic nitrogens is 2. The van der Waals surface area contributed by atoms with Crippen LogP contribution in [0.15, 0.2) is 6.20 Å². The van der Waals surface area contributed by atoms with Gasteiger partial charge in [0.15, 0.2) is 0 Å². The van der Waals surface area contributed by atoms with E-state index in [1.54, 1.807) is 13.1 Å². The zero-order valence-corrected chi connectivity index (χ0v) is 12.7. The maximum absolute atomic E-state index is 9.61. The molecule has 0 aliphatic heterocycles. The highest BCUT2D eigenvalue weighted by Crippen LogP contribution is 2.33. The van der Waals surface area contributed by atoms with Crippen LogP contribution >= 0.6 is 11.6 Å². The summed E-state index contributed by atoms with van der Waals surface area (Å²) in [5.41, 5.74) is 0.820. The highest BCUT2D eigenvalue weighted by Gasteiger charge is 2.29. The number of likely N-dealkylation sites (N-methyl/N-ethyl adjacent to an activating group) is 1. The van der Waals surface area contributed by atoms with E-state index < -0.39 is 0 Å². The molecule has 0 aliphatic carbocycles. The van der Waals surface area contributed by atoms with Crippen LogP contribution in [-0.4, -0.2) is 46.5 Å². The predicted molar refractivity (Wildman–Crippen MR) is 75.1 cm³/mol. The highest BCUT2D eigenvalue weighted by atomic mass is 35.5. The summed E-state index contributed by atoms with van der Waals surface area (Å²) in [6.07, 6.45) is 2.00. The molecule has 4 nitrogen and oxygen atoms in total. The Morgan fingerprint density at radius 2 is 2.11 bits per heavy atom. The number of hydrogen-bond acceptors (Lipinski definition) is 3. The minimum absolute atomic E-state index is 0.186. The van der Waals surface area contributed by atoms with Gasteiger partial charge in [-0.05, 0) is 27.4 Å². The Bertz CT molecular complexity index is 386. The van der Waals surface area contributed by atoms with Gasteiger partial charge in [-0.15, -0.1) is 0 Å². The Kier molecular flexibility index (Phi) is 5.20. The van der Waals surface area contributed by atoms with E-state index in [1.807, 2.05) is 18.8 Å². The van der Waals surface area contributed by atoms with Crippen LogP contribution in [0.25, 0.3) is 0 Å². The Labute approximate surface area is 115 Å². The lowest BCUT2D eigenvalue weighted by atomic mass is 9.83. The van der Waals surface area contributed by atoms with Crippen LogP contribution < -0.4 is 0 Å². The van der Waals surface area contributed by atoms with Crippen molar-refractivity contribution in [2.45, 2.75) is 45.3 Å². The Hall–Kier alpha value is -0.580. The molecule has 0 saturated carbocycles. The molecule has 0 aromatic carbocycles. The Morgan fingerprint density at radius 3 is 2.61 bits per heavy atom. The predicted octanol–water partition coefficient (Wildman–Crippen LogP) is 2.15. The molecule has 0 spiro atoms. The molecule has 0 amide bonds. The van der Waals surface area contributed by atoms with Crippen molar-refractivity contribution >= 4 is 11.6 Å². The standard InChI is InChI=1S/C13H24ClN3O/c1-10(18)8-13(2,3)12-11(14)9-15-17(12)7-6-16(4)5/h9-10,18H,6-8H2,1-5H3. The van der Waals surface area contributed by atoms with Crippen molar-refractivity contribution in [1.82, 2.24) is 14.7 Å². The van der Waals surface area contributed by atoms with Crippen molar-refractivity contribution in [2.24, 2.45) is 0 Å². The summed E-state index contributed by atoms with van der Waals surface area (Å²) < 4.78 is 1.95. The summed E-state index contributed by atoms with van der Waals surface area (Å²) in [4.78, 5) is 2.11. The molecule has 1 rings (SSSR count). The van der Waals surface area contributed by atoms with Crippen LogP contribution in [0.4, 0.5) is 0 Å². The summed E-state index contributed by atoms with van der Waals surface area (Å²) in [5.74, 6) is 0. The van der Waals surface area contributed by atoms with Crippen LogP contribution in [0, 0.1) is 0 Å². The number of halogens is 1. The zero-order chi connectivity index (χ0) is 13.9. The van der Waals surface area contributed by atoms with Gasteiger partial charge in [-0.3, -0.25) is 4.68 Å². The Morgan fingerprint density at radius 1 is 1.50 bits per heavy atom. The van der Waals surface area contributed by atoms with Gasteiger partial charge in [0.05, 0.1) is 29.6 Å². The average Bonchev–Trinajstić information content (AvgIpc) is 2.55. The molecule has 1 unspecified atom stereocenters. The van der Waals surface area contributed by atoms with E-state index in [9.17, 15) is 5.11 Å². The van der Waals surface area contributed by atoms with Crippen LogP contribution in [0.2, 0.25) is 5.02 Å². The first-order chi connectivity index (χ1) is 8.24. The van der Waals surface area contributed by atoms with Crippen molar-refractivity contribution in [2.75, 3.05) is 20.6 Å². The van der Waals surface area contributed by atoms with Gasteiger partial charge < -0.3 is 10.0 Å². The normalized spacial score (nSPS) is 14.2. The summed E-state index contributed by atoms with van der Waals surface area (Å²) >= 11 is 6.25. The molecule has 5 heteroatoms. The zero-order valence-electron chi connectivity index (χ0n) is 11.9. The number of hydrogen-bond donors (Lipinski definition) is 1. The lowest BCUT2D eigenvalue weighted by Gasteiger charge is -2.28. The first-order valence-electron chi connectivity index (χ1n) is 6.28. The van der Waals surface area contributed by atoms with Crippen LogP contribution in [0.5, 0.6) is 0 Å². The topological polar surface area (TPSA) is 41.3 Å². The van der Waals surface area contributed by atoms with Crippen LogP contribution in [0.1, 0.15) is 32.9 Å². The van der Waals surface area contributed by atoms with E-state index in [-0.39, 0.29) is 11.5 Å². The molecule has 0 saturated heterocycles. The fourth-order valence-corrected chi connectivity index (χ4v) is 2.73. The van der Waals surface area contributed by atoms with Gasteiger partial charge >= 0.3 is 0 Å². The van der Waals surface area contributed by atoms with Gasteiger partial charge in [-0.2, -0.15) is 5.10 Å². The third-order valence-corrected chi connectivity index (χ3v) is 3.28. The second kappa shape index (κ2) is 6.04. The SMILES string of the molecule is CC(O)CC(C)(C)c1c(Cl)cnn1CCN(C)C. The molecule has 1 N–H and O–H groups in total. The quantitative estimate of drug-likeness (QED) is 0.863. The van der Waals surface area contributed by atoms with Gasteiger partial charge in [0.25, 0.3) is 0 Å². The molecule has 1 aromatic heterocycles. The smallest absolute Gasteiger partial charge is 0.0823 e. The van der Waals surface area contributed by atoms with Crippen molar-refractivity contribution in [3.8, 4) is 0 Å². The first-order valence-corrected chi connectivity index (χ1v) is 6.66. The fourth-order valence-electron chi connectivity index (χ4n) is 2.33. The van der Waals surface area contributed by atoms with E-state index in [0.717, 1.165) is 18.8 Å². The highest BCUT2D eigenvalue weighted by molar-refractivity contribution is 6.31. The second-order valence-corrected chi connectivity index (χ2v) is 6.21. The molecule has 18 heavy (non-hydrogen) atoms. The van der Waals surface area contributed by atoms with Gasteiger partial charge in [0, 0.05) is 12.0 Å². The van der Waals surface area contributed by atoms with E-state index in [1.165, 1.54) is 0 Å². The third-order valence-electron chi connectivity index (χ3n) is 3.00. The minimum atomic E-state index is -0.353. The maximum atomic E-state index is 9.61. The Balaban J connectivity index is 2.95. The number of aliphatic hydroxyl groups is 1. The lowest BCUT2D eigenvalue weighted by molar-refractivity contribution is 0.153. The van der Waals surface area contributed by atoms with Gasteiger partial charge in [-0.25, -0.2) is 0 Å². The second-order valence-electron chi connectivity index (χ2n) is 5.80. The molecule has 104 valence electrons. The molecule has 0 bridgehead atoms. The monoisotopic (exact) mass is 273 g/mol. The molecule has 1 heterocycles. The summed E-state index contributed by atoms with van der Waals surface area (Å²) in [5, 5.41) is 14.6. The number of aliphatic hydroxyl groups excluding tert-OH is 1. The fraction of sp³-hybridized carbons (Fsp3) is 0.769. The van der Waals surface area contributed by atoms with Crippen LogP contribution in [0.3, 0.4) is 0 Å². The van der Waals surface area contributed by atoms with Crippen molar-refractivity contribution in [1.29, 1.82) is 0 Å². The summed E-state index contributed by atoms with van der Waals surface area (Å²) in [6, 6.07) is 0. The van der Waals surface area contributed by atoms with E-state index >= 15 is 0 Å². The van der Waals surface area contributed by atoms with Crippen LogP contribution in [-0.2, 0) is 12.0 Å². The van der Waals surface area contributed by atoms with Crippen molar-refractivity contribution in [3.05, 3.63) is 16.9 Å². The van der Waals surface area contributed by atoms with Crippen molar-refractivity contribution < 1.29 is 5.11 Å². The number of nitrogens with zero attached hydrogens (tertiary/aromatic N) is 3. The van der Waals surface area contributed by atoms with Gasteiger partial charge in [0.1, 0.15) is 0 Å². The molecule has 1 aromatic rings. The molecule has 1 atom stereocenters.